The van der Waals surface area contributed by atoms with E-state index in [1.807, 2.05) is 19.1 Å². The number of carbonyl (C=O) groups excluding carboxylic acids is 1. The van der Waals surface area contributed by atoms with Crippen LogP contribution in [0.2, 0.25) is 0 Å². The van der Waals surface area contributed by atoms with Crippen molar-refractivity contribution in [3.63, 3.8) is 0 Å². The number of carbonyl (C=O) groups is 1. The van der Waals surface area contributed by atoms with E-state index in [1.54, 1.807) is 30.2 Å². The molecule has 0 bridgehead atoms. The molecule has 1 rings (SSSR count). The first-order valence-corrected chi connectivity index (χ1v) is 5.04. The molecule has 0 atom stereocenters. The van der Waals surface area contributed by atoms with Crippen LogP contribution in [0.15, 0.2) is 36.4 Å². The lowest BCUT2D eigenvalue weighted by atomic mass is 10.1. The molecule has 0 unspecified atom stereocenters. The van der Waals surface area contributed by atoms with E-state index in [2.05, 4.69) is 6.07 Å². The van der Waals surface area contributed by atoms with E-state index in [-0.39, 0.29) is 5.91 Å². The fourth-order valence-corrected chi connectivity index (χ4v) is 1.36. The Kier molecular flexibility index (Phi) is 4.28. The van der Waals surface area contributed by atoms with E-state index < -0.39 is 0 Å². The molecule has 1 amide bonds. The van der Waals surface area contributed by atoms with E-state index >= 15 is 0 Å². The van der Waals surface area contributed by atoms with Gasteiger partial charge in [0, 0.05) is 13.6 Å². The molecule has 0 aliphatic rings. The van der Waals surface area contributed by atoms with Gasteiger partial charge in [0.05, 0.1) is 11.6 Å². The van der Waals surface area contributed by atoms with Crippen LogP contribution < -0.4 is 0 Å². The largest absolute Gasteiger partial charge is 0.338 e. The van der Waals surface area contributed by atoms with Gasteiger partial charge in [0.1, 0.15) is 0 Å². The summed E-state index contributed by atoms with van der Waals surface area (Å²) in [7, 11) is 1.74. The zero-order valence-electron chi connectivity index (χ0n) is 9.47. The van der Waals surface area contributed by atoms with Crippen LogP contribution in [0.1, 0.15) is 18.1 Å². The number of hydrogen-bond donors (Lipinski definition) is 0. The highest BCUT2D eigenvalue weighted by molar-refractivity contribution is 5.87. The lowest BCUT2D eigenvalue weighted by molar-refractivity contribution is -0.125. The van der Waals surface area contributed by atoms with Gasteiger partial charge in [-0.3, -0.25) is 4.79 Å². The molecule has 0 saturated carbocycles. The van der Waals surface area contributed by atoms with Crippen LogP contribution in [0.5, 0.6) is 0 Å². The fraction of sp³-hybridized carbons (Fsp3) is 0.231. The SMILES string of the molecule is CC=CC(=O)N(C)Cc1cccc(C#N)c1. The maximum Gasteiger partial charge on any atom is 0.246 e. The highest BCUT2D eigenvalue weighted by atomic mass is 16.2. The Bertz CT molecular complexity index is 443. The number of amides is 1. The number of hydrogen-bond acceptors (Lipinski definition) is 2. The fourth-order valence-electron chi connectivity index (χ4n) is 1.36. The summed E-state index contributed by atoms with van der Waals surface area (Å²) in [5, 5.41) is 8.75. The Morgan fingerprint density at radius 1 is 1.56 bits per heavy atom. The molecule has 3 nitrogen and oxygen atoms in total. The van der Waals surface area contributed by atoms with Crippen molar-refractivity contribution in [2.75, 3.05) is 7.05 Å². The molecule has 82 valence electrons. The molecule has 0 fully saturated rings. The van der Waals surface area contributed by atoms with Crippen molar-refractivity contribution in [2.24, 2.45) is 0 Å². The summed E-state index contributed by atoms with van der Waals surface area (Å²) < 4.78 is 0. The molecule has 0 spiro atoms. The van der Waals surface area contributed by atoms with Crippen molar-refractivity contribution in [1.29, 1.82) is 5.26 Å². The van der Waals surface area contributed by atoms with Crippen molar-refractivity contribution in [1.82, 2.24) is 4.90 Å². The summed E-state index contributed by atoms with van der Waals surface area (Å²) in [5.74, 6) is -0.0372. The molecule has 0 saturated heterocycles. The Morgan fingerprint density at radius 2 is 2.31 bits per heavy atom. The molecule has 16 heavy (non-hydrogen) atoms. The third kappa shape index (κ3) is 3.25. The molecule has 0 aliphatic carbocycles. The van der Waals surface area contributed by atoms with Crippen molar-refractivity contribution >= 4 is 5.91 Å². The van der Waals surface area contributed by atoms with E-state index in [0.717, 1.165) is 5.56 Å². The van der Waals surface area contributed by atoms with Crippen LogP contribution in [-0.2, 0) is 11.3 Å². The van der Waals surface area contributed by atoms with E-state index in [1.165, 1.54) is 6.08 Å². The maximum absolute atomic E-state index is 11.5. The first-order valence-electron chi connectivity index (χ1n) is 5.04. The number of allylic oxidation sites excluding steroid dienone is 1. The average Bonchev–Trinajstić information content (AvgIpc) is 2.29. The summed E-state index contributed by atoms with van der Waals surface area (Å²) >= 11 is 0. The molecule has 0 radical (unpaired) electrons. The Labute approximate surface area is 95.6 Å². The monoisotopic (exact) mass is 214 g/mol. The van der Waals surface area contributed by atoms with Crippen molar-refractivity contribution in [3.05, 3.63) is 47.5 Å². The summed E-state index contributed by atoms with van der Waals surface area (Å²) in [6.45, 7) is 2.32. The number of nitriles is 1. The van der Waals surface area contributed by atoms with E-state index in [0.29, 0.717) is 12.1 Å². The van der Waals surface area contributed by atoms with Gasteiger partial charge in [-0.15, -0.1) is 0 Å². The topological polar surface area (TPSA) is 44.1 Å². The highest BCUT2D eigenvalue weighted by Gasteiger charge is 2.05. The highest BCUT2D eigenvalue weighted by Crippen LogP contribution is 2.07. The van der Waals surface area contributed by atoms with Crippen LogP contribution in [0, 0.1) is 11.3 Å². The molecule has 1 aromatic rings. The van der Waals surface area contributed by atoms with Gasteiger partial charge >= 0.3 is 0 Å². The van der Waals surface area contributed by atoms with Crippen LogP contribution in [0.3, 0.4) is 0 Å². The standard InChI is InChI=1S/C13H14N2O/c1-3-5-13(16)15(2)10-12-7-4-6-11(8-12)9-14/h3-8H,10H2,1-2H3. The van der Waals surface area contributed by atoms with Crippen LogP contribution >= 0.6 is 0 Å². The third-order valence-corrected chi connectivity index (χ3v) is 2.16. The minimum absolute atomic E-state index is 0.0372. The number of rotatable bonds is 3. The smallest absolute Gasteiger partial charge is 0.246 e. The van der Waals surface area contributed by atoms with Crippen LogP contribution in [0.25, 0.3) is 0 Å². The van der Waals surface area contributed by atoms with E-state index in [4.69, 9.17) is 5.26 Å². The Balaban J connectivity index is 2.73. The maximum atomic E-state index is 11.5. The molecule has 0 aliphatic heterocycles. The minimum atomic E-state index is -0.0372. The summed E-state index contributed by atoms with van der Waals surface area (Å²) in [5.41, 5.74) is 1.57. The van der Waals surface area contributed by atoms with E-state index in [9.17, 15) is 4.79 Å². The molecule has 3 heteroatoms. The zero-order valence-corrected chi connectivity index (χ0v) is 9.47. The number of benzene rings is 1. The van der Waals surface area contributed by atoms with Crippen LogP contribution in [0.4, 0.5) is 0 Å². The predicted molar refractivity (Wildman–Crippen MR) is 62.4 cm³/mol. The summed E-state index contributed by atoms with van der Waals surface area (Å²) in [6, 6.07) is 9.34. The summed E-state index contributed by atoms with van der Waals surface area (Å²) in [4.78, 5) is 13.1. The van der Waals surface area contributed by atoms with Crippen molar-refractivity contribution < 1.29 is 4.79 Å². The zero-order chi connectivity index (χ0) is 12.0. The summed E-state index contributed by atoms with van der Waals surface area (Å²) in [6.07, 6.45) is 3.23. The first-order chi connectivity index (χ1) is 7.67. The number of likely N-dealkylation sites (N-methyl/N-ethyl adjacent to an activating group) is 1. The average molecular weight is 214 g/mol. The van der Waals surface area contributed by atoms with Gasteiger partial charge in [-0.1, -0.05) is 18.2 Å². The van der Waals surface area contributed by atoms with Gasteiger partial charge in [-0.2, -0.15) is 5.26 Å². The van der Waals surface area contributed by atoms with Gasteiger partial charge in [0.15, 0.2) is 0 Å². The second-order valence-electron chi connectivity index (χ2n) is 3.51. The normalized spacial score (nSPS) is 10.1. The molecule has 0 heterocycles. The Morgan fingerprint density at radius 3 is 2.94 bits per heavy atom. The molecular formula is C13H14N2O. The second-order valence-corrected chi connectivity index (χ2v) is 3.51. The van der Waals surface area contributed by atoms with Gasteiger partial charge in [0.2, 0.25) is 5.91 Å². The lowest BCUT2D eigenvalue weighted by Crippen LogP contribution is -2.24. The lowest BCUT2D eigenvalue weighted by Gasteiger charge is -2.15. The van der Waals surface area contributed by atoms with Crippen molar-refractivity contribution in [3.8, 4) is 6.07 Å². The minimum Gasteiger partial charge on any atom is -0.338 e. The molecular weight excluding hydrogens is 200 g/mol. The quantitative estimate of drug-likeness (QED) is 0.723. The van der Waals surface area contributed by atoms with Crippen molar-refractivity contribution in [2.45, 2.75) is 13.5 Å². The van der Waals surface area contributed by atoms with Crippen LogP contribution in [-0.4, -0.2) is 17.9 Å². The molecule has 0 aromatic heterocycles. The third-order valence-electron chi connectivity index (χ3n) is 2.16. The predicted octanol–water partition coefficient (Wildman–Crippen LogP) is 2.09. The van der Waals surface area contributed by atoms with Gasteiger partial charge in [0.25, 0.3) is 0 Å². The van der Waals surface area contributed by atoms with Gasteiger partial charge < -0.3 is 4.90 Å². The second kappa shape index (κ2) is 5.72. The molecule has 1 aromatic carbocycles. The van der Waals surface area contributed by atoms with Gasteiger partial charge in [-0.05, 0) is 30.7 Å². The molecule has 0 N–H and O–H groups in total. The van der Waals surface area contributed by atoms with Gasteiger partial charge in [-0.25, -0.2) is 0 Å². The Hall–Kier alpha value is -2.08. The number of nitrogens with zero attached hydrogens (tertiary/aromatic N) is 2. The first kappa shape index (κ1) is 12.0.